The van der Waals surface area contributed by atoms with Gasteiger partial charge in [0.1, 0.15) is 5.82 Å². The number of pyridine rings is 1. The summed E-state index contributed by atoms with van der Waals surface area (Å²) in [6.45, 7) is 0. The summed E-state index contributed by atoms with van der Waals surface area (Å²) in [6, 6.07) is 2.05. The molecule has 3 nitrogen and oxygen atoms in total. The normalized spacial score (nSPS) is 31.9. The summed E-state index contributed by atoms with van der Waals surface area (Å²) < 4.78 is 1.01. The maximum Gasteiger partial charge on any atom is 0.177 e. The number of hydrogen-bond donors (Lipinski definition) is 1. The first-order valence-electron chi connectivity index (χ1n) is 5.84. The molecule has 0 aliphatic heterocycles. The van der Waals surface area contributed by atoms with E-state index in [2.05, 4.69) is 36.9 Å². The minimum atomic E-state index is 0.696. The molecule has 0 radical (unpaired) electrons. The number of nitrogens with zero attached hydrogens (tertiary/aromatic N) is 2. The molecule has 2 aliphatic rings. The van der Waals surface area contributed by atoms with Crippen LogP contribution < -0.4 is 0 Å². The Bertz CT molecular complexity index is 552. The van der Waals surface area contributed by atoms with Gasteiger partial charge in [-0.2, -0.15) is 0 Å². The zero-order valence-corrected chi connectivity index (χ0v) is 10.4. The van der Waals surface area contributed by atoms with Gasteiger partial charge in [0.15, 0.2) is 5.65 Å². The van der Waals surface area contributed by atoms with Gasteiger partial charge in [0.25, 0.3) is 0 Å². The van der Waals surface area contributed by atoms with Crippen LogP contribution >= 0.6 is 15.9 Å². The van der Waals surface area contributed by atoms with Crippen molar-refractivity contribution in [3.63, 3.8) is 0 Å². The Balaban J connectivity index is 1.76. The number of imidazole rings is 1. The number of aromatic amines is 1. The van der Waals surface area contributed by atoms with Crippen LogP contribution in [-0.4, -0.2) is 15.0 Å². The van der Waals surface area contributed by atoms with Gasteiger partial charge in [-0.25, -0.2) is 9.97 Å². The van der Waals surface area contributed by atoms with E-state index in [1.54, 1.807) is 6.20 Å². The maximum atomic E-state index is 4.61. The molecule has 1 N–H and O–H groups in total. The molecule has 0 amide bonds. The third-order valence-electron chi connectivity index (χ3n) is 4.04. The lowest BCUT2D eigenvalue weighted by atomic mass is 10.1. The zero-order chi connectivity index (χ0) is 10.7. The quantitative estimate of drug-likeness (QED) is 0.870. The van der Waals surface area contributed by atoms with Crippen LogP contribution in [0, 0.1) is 11.8 Å². The van der Waals surface area contributed by atoms with Gasteiger partial charge in [0, 0.05) is 16.6 Å². The van der Waals surface area contributed by atoms with E-state index in [1.165, 1.54) is 19.3 Å². The molecular formula is C12H12BrN3. The van der Waals surface area contributed by atoms with Crippen molar-refractivity contribution in [2.75, 3.05) is 0 Å². The molecule has 2 saturated carbocycles. The maximum absolute atomic E-state index is 4.61. The topological polar surface area (TPSA) is 41.6 Å². The molecule has 16 heavy (non-hydrogen) atoms. The highest BCUT2D eigenvalue weighted by molar-refractivity contribution is 9.10. The van der Waals surface area contributed by atoms with Crippen LogP contribution in [0.3, 0.4) is 0 Å². The van der Waals surface area contributed by atoms with Crippen molar-refractivity contribution in [2.24, 2.45) is 11.8 Å². The summed E-state index contributed by atoms with van der Waals surface area (Å²) in [6.07, 6.45) is 6.00. The number of nitrogens with one attached hydrogen (secondary N) is 1. The van der Waals surface area contributed by atoms with Crippen LogP contribution in [0.5, 0.6) is 0 Å². The van der Waals surface area contributed by atoms with E-state index in [1.807, 2.05) is 0 Å². The van der Waals surface area contributed by atoms with Crippen molar-refractivity contribution in [2.45, 2.75) is 25.2 Å². The number of hydrogen-bond acceptors (Lipinski definition) is 2. The fraction of sp³-hybridized carbons (Fsp3) is 0.500. The average molecular weight is 278 g/mol. The number of fused-ring (bicyclic) bond motifs is 2. The fourth-order valence-corrected chi connectivity index (χ4v) is 3.61. The largest absolute Gasteiger partial charge is 0.340 e. The Kier molecular flexibility index (Phi) is 1.76. The average Bonchev–Trinajstić information content (AvgIpc) is 2.68. The number of halogens is 1. The first kappa shape index (κ1) is 9.16. The highest BCUT2D eigenvalue weighted by atomic mass is 79.9. The monoisotopic (exact) mass is 277 g/mol. The van der Waals surface area contributed by atoms with Crippen LogP contribution in [0.25, 0.3) is 11.2 Å². The van der Waals surface area contributed by atoms with Gasteiger partial charge in [-0.3, -0.25) is 0 Å². The molecule has 2 aromatic heterocycles. The third-order valence-corrected chi connectivity index (χ3v) is 4.48. The Morgan fingerprint density at radius 2 is 2.12 bits per heavy atom. The molecule has 0 aromatic carbocycles. The fourth-order valence-electron chi connectivity index (χ4n) is 3.28. The second kappa shape index (κ2) is 3.06. The Morgan fingerprint density at radius 3 is 2.94 bits per heavy atom. The van der Waals surface area contributed by atoms with Gasteiger partial charge in [-0.05, 0) is 46.7 Å². The zero-order valence-electron chi connectivity index (χ0n) is 8.78. The number of aromatic nitrogens is 3. The van der Waals surface area contributed by atoms with E-state index >= 15 is 0 Å². The molecule has 4 rings (SSSR count). The smallest absolute Gasteiger partial charge is 0.177 e. The molecule has 2 unspecified atom stereocenters. The van der Waals surface area contributed by atoms with Crippen molar-refractivity contribution in [1.82, 2.24) is 15.0 Å². The Morgan fingerprint density at radius 1 is 1.31 bits per heavy atom. The SMILES string of the molecule is Brc1cnc2nc(C3C4CCCC43)[nH]c2c1. The summed E-state index contributed by atoms with van der Waals surface area (Å²) in [5.41, 5.74) is 1.90. The lowest BCUT2D eigenvalue weighted by Crippen LogP contribution is -1.89. The van der Waals surface area contributed by atoms with Gasteiger partial charge in [-0.1, -0.05) is 6.42 Å². The van der Waals surface area contributed by atoms with Crippen LogP contribution in [-0.2, 0) is 0 Å². The second-order valence-electron chi connectivity index (χ2n) is 4.93. The summed E-state index contributed by atoms with van der Waals surface area (Å²) in [5.74, 6) is 3.67. The molecule has 2 atom stereocenters. The van der Waals surface area contributed by atoms with E-state index in [4.69, 9.17) is 0 Å². The summed E-state index contributed by atoms with van der Waals surface area (Å²) in [4.78, 5) is 12.4. The second-order valence-corrected chi connectivity index (χ2v) is 5.85. The minimum absolute atomic E-state index is 0.696. The highest BCUT2D eigenvalue weighted by Crippen LogP contribution is 2.62. The first-order valence-corrected chi connectivity index (χ1v) is 6.63. The van der Waals surface area contributed by atoms with E-state index in [0.29, 0.717) is 5.92 Å². The number of H-pyrrole nitrogens is 1. The van der Waals surface area contributed by atoms with Gasteiger partial charge in [0.2, 0.25) is 0 Å². The van der Waals surface area contributed by atoms with Crippen molar-refractivity contribution < 1.29 is 0 Å². The Labute approximate surface area is 102 Å². The van der Waals surface area contributed by atoms with Crippen LogP contribution in [0.15, 0.2) is 16.7 Å². The van der Waals surface area contributed by atoms with E-state index in [-0.39, 0.29) is 0 Å². The molecule has 2 aliphatic carbocycles. The van der Waals surface area contributed by atoms with Crippen LogP contribution in [0.4, 0.5) is 0 Å². The van der Waals surface area contributed by atoms with Gasteiger partial charge in [0.05, 0.1) is 5.52 Å². The highest BCUT2D eigenvalue weighted by Gasteiger charge is 2.54. The molecule has 2 aromatic rings. The number of rotatable bonds is 1. The summed E-state index contributed by atoms with van der Waals surface area (Å²) in [5, 5.41) is 0. The lowest BCUT2D eigenvalue weighted by Gasteiger charge is -1.97. The van der Waals surface area contributed by atoms with Gasteiger partial charge >= 0.3 is 0 Å². The molecule has 82 valence electrons. The molecule has 0 bridgehead atoms. The van der Waals surface area contributed by atoms with Gasteiger partial charge < -0.3 is 4.98 Å². The molecule has 2 heterocycles. The van der Waals surface area contributed by atoms with Crippen molar-refractivity contribution in [3.05, 3.63) is 22.6 Å². The van der Waals surface area contributed by atoms with E-state index in [0.717, 1.165) is 33.3 Å². The van der Waals surface area contributed by atoms with Gasteiger partial charge in [-0.15, -0.1) is 0 Å². The standard InChI is InChI=1S/C12H12BrN3/c13-6-4-9-11(14-5-6)16-12(15-9)10-7-2-1-3-8(7)10/h4-5,7-8,10H,1-3H2,(H,14,15,16). The van der Waals surface area contributed by atoms with Crippen molar-refractivity contribution in [3.8, 4) is 0 Å². The van der Waals surface area contributed by atoms with E-state index in [9.17, 15) is 0 Å². The minimum Gasteiger partial charge on any atom is -0.340 e. The lowest BCUT2D eigenvalue weighted by molar-refractivity contribution is 0.664. The van der Waals surface area contributed by atoms with Crippen LogP contribution in [0.2, 0.25) is 0 Å². The first-order chi connectivity index (χ1) is 7.83. The molecule has 4 heteroatoms. The molecule has 2 fully saturated rings. The Hall–Kier alpha value is -0.900. The molecule has 0 spiro atoms. The van der Waals surface area contributed by atoms with E-state index < -0.39 is 0 Å². The van der Waals surface area contributed by atoms with Crippen LogP contribution in [0.1, 0.15) is 31.0 Å². The predicted octanol–water partition coefficient (Wildman–Crippen LogP) is 3.23. The molecule has 0 saturated heterocycles. The summed E-state index contributed by atoms with van der Waals surface area (Å²) in [7, 11) is 0. The predicted molar refractivity (Wildman–Crippen MR) is 65.2 cm³/mol. The van der Waals surface area contributed by atoms with Crippen molar-refractivity contribution in [1.29, 1.82) is 0 Å². The third kappa shape index (κ3) is 1.19. The van der Waals surface area contributed by atoms with Crippen molar-refractivity contribution >= 4 is 27.1 Å². The summed E-state index contributed by atoms with van der Waals surface area (Å²) >= 11 is 3.43. The molecular weight excluding hydrogens is 266 g/mol.